The van der Waals surface area contributed by atoms with Gasteiger partial charge in [-0.05, 0) is 0 Å². The number of morpholine rings is 1. The fourth-order valence-corrected chi connectivity index (χ4v) is 1.23. The zero-order chi connectivity index (χ0) is 8.23. The highest BCUT2D eigenvalue weighted by atomic mass is 16.5. The van der Waals surface area contributed by atoms with E-state index in [1.165, 1.54) is 6.33 Å². The summed E-state index contributed by atoms with van der Waals surface area (Å²) in [4.78, 5) is 3.92. The van der Waals surface area contributed by atoms with E-state index in [-0.39, 0.29) is 6.10 Å². The van der Waals surface area contributed by atoms with Gasteiger partial charge in [0, 0.05) is 13.1 Å². The summed E-state index contributed by atoms with van der Waals surface area (Å²) in [6.07, 6.45) is 2.29. The van der Waals surface area contributed by atoms with Gasteiger partial charge in [0.25, 0.3) is 0 Å². The van der Waals surface area contributed by atoms with Crippen LogP contribution in [0.1, 0.15) is 5.89 Å². The molecule has 1 fully saturated rings. The minimum absolute atomic E-state index is 0.180. The van der Waals surface area contributed by atoms with Gasteiger partial charge in [0.05, 0.1) is 19.1 Å². The molecule has 2 heterocycles. The van der Waals surface area contributed by atoms with Crippen LogP contribution >= 0.6 is 0 Å². The van der Waals surface area contributed by atoms with Gasteiger partial charge in [-0.3, -0.25) is 0 Å². The number of rotatable bonds is 2. The monoisotopic (exact) mass is 169 g/mol. The van der Waals surface area contributed by atoms with E-state index in [1.807, 2.05) is 0 Å². The maximum atomic E-state index is 5.46. The van der Waals surface area contributed by atoms with Crippen molar-refractivity contribution in [2.75, 3.05) is 19.7 Å². The molecule has 0 amide bonds. The van der Waals surface area contributed by atoms with E-state index in [1.54, 1.807) is 0 Å². The Labute approximate surface area is 70.1 Å². The Morgan fingerprint density at radius 2 is 2.67 bits per heavy atom. The van der Waals surface area contributed by atoms with Gasteiger partial charge in [0.2, 0.25) is 5.89 Å². The summed E-state index contributed by atoms with van der Waals surface area (Å²) in [7, 11) is 0. The minimum atomic E-state index is 0.180. The van der Waals surface area contributed by atoms with Crippen LogP contribution in [0.15, 0.2) is 10.9 Å². The summed E-state index contributed by atoms with van der Waals surface area (Å²) in [5.41, 5.74) is 0. The second kappa shape index (κ2) is 3.64. The van der Waals surface area contributed by atoms with Crippen molar-refractivity contribution >= 4 is 0 Å². The molecule has 1 unspecified atom stereocenters. The molecule has 0 aliphatic carbocycles. The number of nitrogens with zero attached hydrogens (tertiary/aromatic N) is 2. The Bertz CT molecular complexity index is 219. The highest BCUT2D eigenvalue weighted by Gasteiger charge is 2.16. The van der Waals surface area contributed by atoms with Crippen molar-refractivity contribution in [1.29, 1.82) is 0 Å². The molecule has 5 heteroatoms. The summed E-state index contributed by atoms with van der Waals surface area (Å²) in [6, 6.07) is 0. The molecular formula is C7H11N3O2. The lowest BCUT2D eigenvalue weighted by molar-refractivity contribution is 0.0246. The van der Waals surface area contributed by atoms with E-state index >= 15 is 0 Å². The number of ether oxygens (including phenoxy) is 1. The topological polar surface area (TPSA) is 60.2 Å². The highest BCUT2D eigenvalue weighted by molar-refractivity contribution is 4.81. The molecule has 1 atom stereocenters. The fourth-order valence-electron chi connectivity index (χ4n) is 1.23. The molecule has 0 saturated carbocycles. The first-order valence-corrected chi connectivity index (χ1v) is 4.03. The van der Waals surface area contributed by atoms with Crippen LogP contribution < -0.4 is 5.32 Å². The molecule has 2 rings (SSSR count). The van der Waals surface area contributed by atoms with Crippen molar-refractivity contribution in [2.45, 2.75) is 12.5 Å². The molecule has 0 bridgehead atoms. The van der Waals surface area contributed by atoms with Gasteiger partial charge in [0.15, 0.2) is 6.33 Å². The van der Waals surface area contributed by atoms with Gasteiger partial charge in [-0.1, -0.05) is 5.16 Å². The lowest BCUT2D eigenvalue weighted by Crippen LogP contribution is -2.39. The Morgan fingerprint density at radius 1 is 1.67 bits per heavy atom. The third-order valence-corrected chi connectivity index (χ3v) is 1.81. The Balaban J connectivity index is 1.86. The van der Waals surface area contributed by atoms with Crippen molar-refractivity contribution in [2.24, 2.45) is 0 Å². The summed E-state index contributed by atoms with van der Waals surface area (Å²) < 4.78 is 10.3. The van der Waals surface area contributed by atoms with Gasteiger partial charge in [-0.2, -0.15) is 4.98 Å². The molecule has 0 aromatic carbocycles. The van der Waals surface area contributed by atoms with E-state index in [4.69, 9.17) is 9.26 Å². The predicted octanol–water partition coefficient (Wildman–Crippen LogP) is -0.400. The summed E-state index contributed by atoms with van der Waals surface area (Å²) in [5.74, 6) is 0.642. The van der Waals surface area contributed by atoms with Gasteiger partial charge in [-0.25, -0.2) is 0 Å². The van der Waals surface area contributed by atoms with Crippen LogP contribution in [0.3, 0.4) is 0 Å². The van der Waals surface area contributed by atoms with Crippen LogP contribution in [0.25, 0.3) is 0 Å². The maximum absolute atomic E-state index is 5.46. The standard InChI is InChI=1S/C7H11N3O2/c1-2-11-6(4-8-1)3-7-9-5-10-12-7/h5-6,8H,1-4H2. The maximum Gasteiger partial charge on any atom is 0.229 e. The molecule has 1 aromatic rings. The number of hydrogen-bond acceptors (Lipinski definition) is 5. The van der Waals surface area contributed by atoms with E-state index in [0.29, 0.717) is 12.3 Å². The molecule has 0 spiro atoms. The lowest BCUT2D eigenvalue weighted by Gasteiger charge is -2.21. The molecule has 66 valence electrons. The zero-order valence-corrected chi connectivity index (χ0v) is 6.69. The third kappa shape index (κ3) is 1.80. The first kappa shape index (κ1) is 7.70. The summed E-state index contributed by atoms with van der Waals surface area (Å²) >= 11 is 0. The average molecular weight is 169 g/mol. The molecule has 1 N–H and O–H groups in total. The van der Waals surface area contributed by atoms with Crippen molar-refractivity contribution in [3.63, 3.8) is 0 Å². The Morgan fingerprint density at radius 3 is 3.33 bits per heavy atom. The molecule has 1 aromatic heterocycles. The Kier molecular flexibility index (Phi) is 2.33. The van der Waals surface area contributed by atoms with Crippen LogP contribution in [-0.4, -0.2) is 35.9 Å². The zero-order valence-electron chi connectivity index (χ0n) is 6.69. The van der Waals surface area contributed by atoms with Gasteiger partial charge >= 0.3 is 0 Å². The second-order valence-corrected chi connectivity index (χ2v) is 2.74. The first-order chi connectivity index (χ1) is 5.95. The summed E-state index contributed by atoms with van der Waals surface area (Å²) in [5, 5.41) is 6.76. The van der Waals surface area contributed by atoms with Crippen LogP contribution in [-0.2, 0) is 11.2 Å². The van der Waals surface area contributed by atoms with Crippen molar-refractivity contribution in [3.8, 4) is 0 Å². The molecule has 12 heavy (non-hydrogen) atoms. The van der Waals surface area contributed by atoms with Crippen molar-refractivity contribution in [3.05, 3.63) is 12.2 Å². The van der Waals surface area contributed by atoms with E-state index in [9.17, 15) is 0 Å². The normalized spacial score (nSPS) is 24.2. The van der Waals surface area contributed by atoms with E-state index in [0.717, 1.165) is 19.7 Å². The summed E-state index contributed by atoms with van der Waals surface area (Å²) in [6.45, 7) is 2.56. The second-order valence-electron chi connectivity index (χ2n) is 2.74. The van der Waals surface area contributed by atoms with Crippen molar-refractivity contribution in [1.82, 2.24) is 15.5 Å². The molecule has 1 aliphatic rings. The fraction of sp³-hybridized carbons (Fsp3) is 0.714. The van der Waals surface area contributed by atoms with E-state index in [2.05, 4.69) is 15.5 Å². The molecule has 0 radical (unpaired) electrons. The molecule has 5 nitrogen and oxygen atoms in total. The smallest absolute Gasteiger partial charge is 0.229 e. The first-order valence-electron chi connectivity index (χ1n) is 4.03. The predicted molar refractivity (Wildman–Crippen MR) is 40.6 cm³/mol. The van der Waals surface area contributed by atoms with Crippen LogP contribution in [0.2, 0.25) is 0 Å². The number of aromatic nitrogens is 2. The minimum Gasteiger partial charge on any atom is -0.375 e. The highest BCUT2D eigenvalue weighted by Crippen LogP contribution is 2.03. The molecular weight excluding hydrogens is 158 g/mol. The van der Waals surface area contributed by atoms with Crippen LogP contribution in [0, 0.1) is 0 Å². The SMILES string of the molecule is c1noc(CC2CNCCO2)n1. The third-order valence-electron chi connectivity index (χ3n) is 1.81. The average Bonchev–Trinajstić information content (AvgIpc) is 2.59. The lowest BCUT2D eigenvalue weighted by atomic mass is 10.2. The van der Waals surface area contributed by atoms with Crippen molar-refractivity contribution < 1.29 is 9.26 Å². The molecule has 1 saturated heterocycles. The van der Waals surface area contributed by atoms with Crippen LogP contribution in [0.4, 0.5) is 0 Å². The quantitative estimate of drug-likeness (QED) is 0.652. The number of nitrogens with one attached hydrogen (secondary N) is 1. The van der Waals surface area contributed by atoms with Gasteiger partial charge in [-0.15, -0.1) is 0 Å². The Hall–Kier alpha value is -0.940. The van der Waals surface area contributed by atoms with E-state index < -0.39 is 0 Å². The van der Waals surface area contributed by atoms with Crippen LogP contribution in [0.5, 0.6) is 0 Å². The van der Waals surface area contributed by atoms with Gasteiger partial charge in [0.1, 0.15) is 0 Å². The largest absolute Gasteiger partial charge is 0.375 e. The molecule has 1 aliphatic heterocycles. The number of hydrogen-bond donors (Lipinski definition) is 1. The van der Waals surface area contributed by atoms with Gasteiger partial charge < -0.3 is 14.6 Å².